The lowest BCUT2D eigenvalue weighted by molar-refractivity contribution is 0.393. The highest BCUT2D eigenvalue weighted by Crippen LogP contribution is 2.15. The van der Waals surface area contributed by atoms with E-state index in [2.05, 4.69) is 15.0 Å². The van der Waals surface area contributed by atoms with E-state index in [-0.39, 0.29) is 5.75 Å². The van der Waals surface area contributed by atoms with Gasteiger partial charge in [0.25, 0.3) is 0 Å². The maximum atomic E-state index is 12.0. The molecule has 1 aliphatic rings. The molecule has 1 aliphatic heterocycles. The van der Waals surface area contributed by atoms with Crippen LogP contribution < -0.4 is 10.0 Å². The minimum atomic E-state index is -3.27. The van der Waals surface area contributed by atoms with Crippen molar-refractivity contribution in [2.45, 2.75) is 38.6 Å². The number of nitrogens with one attached hydrogen (secondary N) is 2. The number of pyridine rings is 1. The summed E-state index contributed by atoms with van der Waals surface area (Å²) in [5, 5.41) is 3.36. The first-order valence-corrected chi connectivity index (χ1v) is 8.36. The van der Waals surface area contributed by atoms with Gasteiger partial charge in [-0.15, -0.1) is 0 Å². The Hall–Kier alpha value is -1.14. The van der Waals surface area contributed by atoms with Crippen molar-refractivity contribution in [3.8, 4) is 0 Å². The fourth-order valence-electron chi connectivity index (χ4n) is 2.27. The maximum Gasteiger partial charge on any atom is 0.232 e. The Morgan fingerprint density at radius 2 is 2.32 bits per heavy atom. The van der Waals surface area contributed by atoms with Crippen molar-refractivity contribution in [1.29, 1.82) is 0 Å². The molecule has 5 nitrogen and oxygen atoms in total. The second kappa shape index (κ2) is 6.34. The molecule has 106 valence electrons. The van der Waals surface area contributed by atoms with Crippen LogP contribution in [0.15, 0.2) is 18.5 Å². The summed E-state index contributed by atoms with van der Waals surface area (Å²) >= 11 is 0. The van der Waals surface area contributed by atoms with Gasteiger partial charge in [0.1, 0.15) is 0 Å². The van der Waals surface area contributed by atoms with Crippen LogP contribution in [0.1, 0.15) is 31.2 Å². The Bertz CT molecular complexity index is 510. The fourth-order valence-corrected chi connectivity index (χ4v) is 3.54. The van der Waals surface area contributed by atoms with Crippen molar-refractivity contribution < 1.29 is 8.42 Å². The van der Waals surface area contributed by atoms with Gasteiger partial charge in [0.05, 0.1) is 11.4 Å². The van der Waals surface area contributed by atoms with Crippen molar-refractivity contribution >= 4 is 15.7 Å². The molecule has 19 heavy (non-hydrogen) atoms. The van der Waals surface area contributed by atoms with E-state index >= 15 is 0 Å². The summed E-state index contributed by atoms with van der Waals surface area (Å²) in [6, 6.07) is 2.02. The lowest BCUT2D eigenvalue weighted by Gasteiger charge is -2.23. The molecule has 0 aliphatic carbocycles. The molecule has 0 spiro atoms. The summed E-state index contributed by atoms with van der Waals surface area (Å²) < 4.78 is 26.7. The van der Waals surface area contributed by atoms with E-state index < -0.39 is 10.0 Å². The van der Waals surface area contributed by atoms with Gasteiger partial charge in [0, 0.05) is 18.4 Å². The van der Waals surface area contributed by atoms with Gasteiger partial charge >= 0.3 is 0 Å². The number of piperidine rings is 1. The van der Waals surface area contributed by atoms with Gasteiger partial charge < -0.3 is 5.32 Å². The SMILES string of the molecule is Cc1cnccc1NS(=O)(=O)CCC1CCCCN1. The van der Waals surface area contributed by atoms with E-state index in [9.17, 15) is 8.42 Å². The number of aromatic nitrogens is 1. The van der Waals surface area contributed by atoms with E-state index in [0.717, 1.165) is 18.5 Å². The van der Waals surface area contributed by atoms with E-state index in [1.54, 1.807) is 18.5 Å². The zero-order chi connectivity index (χ0) is 13.7. The predicted molar refractivity (Wildman–Crippen MR) is 76.6 cm³/mol. The summed E-state index contributed by atoms with van der Waals surface area (Å²) in [5.74, 6) is 0.159. The zero-order valence-electron chi connectivity index (χ0n) is 11.2. The molecular weight excluding hydrogens is 262 g/mol. The molecule has 0 amide bonds. The van der Waals surface area contributed by atoms with Crippen LogP contribution in [0.25, 0.3) is 0 Å². The van der Waals surface area contributed by atoms with E-state index in [1.165, 1.54) is 12.8 Å². The molecule has 0 bridgehead atoms. The van der Waals surface area contributed by atoms with Crippen molar-refractivity contribution in [2.75, 3.05) is 17.0 Å². The van der Waals surface area contributed by atoms with Crippen LogP contribution in [0, 0.1) is 6.92 Å². The summed E-state index contributed by atoms with van der Waals surface area (Å²) in [6.07, 6.45) is 7.36. The second-order valence-corrected chi connectivity index (χ2v) is 6.89. The quantitative estimate of drug-likeness (QED) is 0.862. The molecule has 1 aromatic heterocycles. The fraction of sp³-hybridized carbons (Fsp3) is 0.615. The molecule has 0 radical (unpaired) electrons. The third-order valence-corrected chi connectivity index (χ3v) is 4.74. The van der Waals surface area contributed by atoms with Gasteiger partial charge in [-0.2, -0.15) is 0 Å². The lowest BCUT2D eigenvalue weighted by atomic mass is 10.0. The molecule has 0 aromatic carbocycles. The monoisotopic (exact) mass is 283 g/mol. The average molecular weight is 283 g/mol. The van der Waals surface area contributed by atoms with Crippen molar-refractivity contribution in [2.24, 2.45) is 0 Å². The molecule has 6 heteroatoms. The number of nitrogens with zero attached hydrogens (tertiary/aromatic N) is 1. The second-order valence-electron chi connectivity index (χ2n) is 5.05. The number of rotatable bonds is 5. The Morgan fingerprint density at radius 3 is 3.00 bits per heavy atom. The van der Waals surface area contributed by atoms with E-state index in [1.807, 2.05) is 6.92 Å². The summed E-state index contributed by atoms with van der Waals surface area (Å²) in [5.41, 5.74) is 1.45. The van der Waals surface area contributed by atoms with Crippen LogP contribution in [0.3, 0.4) is 0 Å². The van der Waals surface area contributed by atoms with Crippen LogP contribution >= 0.6 is 0 Å². The van der Waals surface area contributed by atoms with Gasteiger partial charge in [-0.25, -0.2) is 8.42 Å². The van der Waals surface area contributed by atoms with E-state index in [0.29, 0.717) is 18.2 Å². The third-order valence-electron chi connectivity index (χ3n) is 3.43. The number of aryl methyl sites for hydroxylation is 1. The molecular formula is C13H21N3O2S. The first kappa shape index (κ1) is 14.3. The maximum absolute atomic E-state index is 12.0. The average Bonchev–Trinajstić information content (AvgIpc) is 2.40. The van der Waals surface area contributed by atoms with Gasteiger partial charge in [-0.05, 0) is 44.4 Å². The van der Waals surface area contributed by atoms with Crippen LogP contribution in [0.2, 0.25) is 0 Å². The Kier molecular flexibility index (Phi) is 4.76. The van der Waals surface area contributed by atoms with Gasteiger partial charge in [0.2, 0.25) is 10.0 Å². The Morgan fingerprint density at radius 1 is 1.47 bits per heavy atom. The topological polar surface area (TPSA) is 71.1 Å². The van der Waals surface area contributed by atoms with Crippen LogP contribution in [-0.4, -0.2) is 31.7 Å². The minimum Gasteiger partial charge on any atom is -0.314 e. The first-order valence-electron chi connectivity index (χ1n) is 6.71. The van der Waals surface area contributed by atoms with E-state index in [4.69, 9.17) is 0 Å². The van der Waals surface area contributed by atoms with Gasteiger partial charge in [-0.1, -0.05) is 6.42 Å². The molecule has 1 unspecified atom stereocenters. The van der Waals surface area contributed by atoms with Gasteiger partial charge in [0.15, 0.2) is 0 Å². The summed E-state index contributed by atoms with van der Waals surface area (Å²) in [4.78, 5) is 3.95. The zero-order valence-corrected chi connectivity index (χ0v) is 12.0. The highest BCUT2D eigenvalue weighted by molar-refractivity contribution is 7.92. The molecule has 1 aromatic rings. The number of anilines is 1. The summed E-state index contributed by atoms with van der Waals surface area (Å²) in [7, 11) is -3.27. The molecule has 2 rings (SSSR count). The van der Waals surface area contributed by atoms with Crippen LogP contribution in [0.5, 0.6) is 0 Å². The number of hydrogen-bond donors (Lipinski definition) is 2. The number of sulfonamides is 1. The van der Waals surface area contributed by atoms with Crippen molar-refractivity contribution in [3.05, 3.63) is 24.0 Å². The Labute approximate surface area is 114 Å². The predicted octanol–water partition coefficient (Wildman–Crippen LogP) is 1.66. The molecule has 0 saturated carbocycles. The molecule has 1 fully saturated rings. The normalized spacial score (nSPS) is 20.2. The van der Waals surface area contributed by atoms with Crippen LogP contribution in [-0.2, 0) is 10.0 Å². The Balaban J connectivity index is 1.90. The lowest BCUT2D eigenvalue weighted by Crippen LogP contribution is -2.36. The molecule has 1 saturated heterocycles. The minimum absolute atomic E-state index is 0.159. The number of hydrogen-bond acceptors (Lipinski definition) is 4. The molecule has 1 atom stereocenters. The molecule has 2 heterocycles. The highest BCUT2D eigenvalue weighted by atomic mass is 32.2. The van der Waals surface area contributed by atoms with Crippen molar-refractivity contribution in [1.82, 2.24) is 10.3 Å². The van der Waals surface area contributed by atoms with Crippen LogP contribution in [0.4, 0.5) is 5.69 Å². The van der Waals surface area contributed by atoms with Crippen molar-refractivity contribution in [3.63, 3.8) is 0 Å². The molecule has 2 N–H and O–H groups in total. The summed E-state index contributed by atoms with van der Waals surface area (Å²) in [6.45, 7) is 2.84. The standard InChI is InChI=1S/C13H21N3O2S/c1-11-10-14-8-5-13(11)16-19(17,18)9-6-12-4-2-3-7-15-12/h5,8,10,12,15H,2-4,6-7,9H2,1H3,(H,14,16). The van der Waals surface area contributed by atoms with Gasteiger partial charge in [-0.3, -0.25) is 9.71 Å². The largest absolute Gasteiger partial charge is 0.314 e. The third kappa shape index (κ3) is 4.47. The highest BCUT2D eigenvalue weighted by Gasteiger charge is 2.17. The first-order chi connectivity index (χ1) is 9.07. The smallest absolute Gasteiger partial charge is 0.232 e.